The summed E-state index contributed by atoms with van der Waals surface area (Å²) in [7, 11) is 0. The van der Waals surface area contributed by atoms with E-state index in [2.05, 4.69) is 41.2 Å². The number of carbonyl (C=O) groups excluding carboxylic acids is 1. The molecule has 128 valence electrons. The third-order valence-electron chi connectivity index (χ3n) is 4.12. The molecular formula is C20H24BrNO2. The lowest BCUT2D eigenvalue weighted by Gasteiger charge is -2.20. The average molecular weight is 390 g/mol. The van der Waals surface area contributed by atoms with E-state index in [9.17, 15) is 4.79 Å². The van der Waals surface area contributed by atoms with E-state index in [0.717, 1.165) is 33.5 Å². The Morgan fingerprint density at radius 1 is 1.21 bits per heavy atom. The standard InChI is InChI=1S/C20H24BrNO2/c1-5-14(3)16-8-6-7-9-19(16)24-15(4)20(23)22-18-11-10-13(2)12-17(18)21/h6-12,14-15H,5H2,1-4H3,(H,22,23). The van der Waals surface area contributed by atoms with Crippen LogP contribution >= 0.6 is 15.9 Å². The van der Waals surface area contributed by atoms with Crippen molar-refractivity contribution >= 4 is 27.5 Å². The molecule has 2 unspecified atom stereocenters. The van der Waals surface area contributed by atoms with E-state index in [1.54, 1.807) is 6.92 Å². The molecule has 2 rings (SSSR count). The van der Waals surface area contributed by atoms with E-state index >= 15 is 0 Å². The number of hydrogen-bond donors (Lipinski definition) is 1. The molecule has 0 saturated carbocycles. The summed E-state index contributed by atoms with van der Waals surface area (Å²) < 4.78 is 6.80. The number of benzene rings is 2. The molecule has 0 spiro atoms. The van der Waals surface area contributed by atoms with Gasteiger partial charge >= 0.3 is 0 Å². The highest BCUT2D eigenvalue weighted by Gasteiger charge is 2.18. The van der Waals surface area contributed by atoms with E-state index in [0.29, 0.717) is 5.92 Å². The van der Waals surface area contributed by atoms with Crippen LogP contribution in [0, 0.1) is 6.92 Å². The minimum atomic E-state index is -0.580. The lowest BCUT2D eigenvalue weighted by molar-refractivity contribution is -0.122. The number of nitrogens with one attached hydrogen (secondary N) is 1. The molecule has 0 aliphatic heterocycles. The highest BCUT2D eigenvalue weighted by atomic mass is 79.9. The summed E-state index contributed by atoms with van der Waals surface area (Å²) in [6.07, 6.45) is 0.445. The molecule has 1 amide bonds. The SMILES string of the molecule is CCC(C)c1ccccc1OC(C)C(=O)Nc1ccc(C)cc1Br. The van der Waals surface area contributed by atoms with Crippen LogP contribution in [0.15, 0.2) is 46.9 Å². The fourth-order valence-corrected chi connectivity index (χ4v) is 3.01. The predicted octanol–water partition coefficient (Wildman–Crippen LogP) is 5.68. The molecule has 1 N–H and O–H groups in total. The van der Waals surface area contributed by atoms with Crippen LogP contribution in [0.2, 0.25) is 0 Å². The van der Waals surface area contributed by atoms with Gasteiger partial charge in [-0.05, 0) is 71.4 Å². The minimum Gasteiger partial charge on any atom is -0.481 e. The van der Waals surface area contributed by atoms with Gasteiger partial charge in [0.15, 0.2) is 6.10 Å². The lowest BCUT2D eigenvalue weighted by Crippen LogP contribution is -2.30. The molecular weight excluding hydrogens is 366 g/mol. The van der Waals surface area contributed by atoms with Gasteiger partial charge in [0.1, 0.15) is 5.75 Å². The predicted molar refractivity (Wildman–Crippen MR) is 103 cm³/mol. The van der Waals surface area contributed by atoms with Gasteiger partial charge in [-0.2, -0.15) is 0 Å². The molecule has 0 heterocycles. The van der Waals surface area contributed by atoms with Crippen LogP contribution in [0.4, 0.5) is 5.69 Å². The molecule has 3 nitrogen and oxygen atoms in total. The van der Waals surface area contributed by atoms with Gasteiger partial charge in [0.05, 0.1) is 5.69 Å². The van der Waals surface area contributed by atoms with Crippen LogP contribution in [-0.4, -0.2) is 12.0 Å². The molecule has 0 radical (unpaired) electrons. The first-order valence-corrected chi connectivity index (χ1v) is 9.04. The fraction of sp³-hybridized carbons (Fsp3) is 0.350. The Bertz CT molecular complexity index is 715. The average Bonchev–Trinajstić information content (AvgIpc) is 2.57. The highest BCUT2D eigenvalue weighted by molar-refractivity contribution is 9.10. The molecule has 2 aromatic carbocycles. The summed E-state index contributed by atoms with van der Waals surface area (Å²) in [6, 6.07) is 13.7. The lowest BCUT2D eigenvalue weighted by atomic mass is 9.98. The summed E-state index contributed by atoms with van der Waals surface area (Å²) in [6.45, 7) is 8.08. The largest absolute Gasteiger partial charge is 0.481 e. The molecule has 0 aromatic heterocycles. The van der Waals surface area contributed by atoms with Gasteiger partial charge < -0.3 is 10.1 Å². The van der Waals surface area contributed by atoms with Gasteiger partial charge in [-0.25, -0.2) is 0 Å². The Balaban J connectivity index is 2.09. The highest BCUT2D eigenvalue weighted by Crippen LogP contribution is 2.29. The molecule has 4 heteroatoms. The number of aryl methyl sites for hydroxylation is 1. The van der Waals surface area contributed by atoms with Crippen LogP contribution in [0.25, 0.3) is 0 Å². The second-order valence-corrected chi connectivity index (χ2v) is 6.93. The van der Waals surface area contributed by atoms with Crippen molar-refractivity contribution in [2.45, 2.75) is 46.1 Å². The number of carbonyl (C=O) groups is 1. The number of halogens is 1. The smallest absolute Gasteiger partial charge is 0.265 e. The minimum absolute atomic E-state index is 0.168. The van der Waals surface area contributed by atoms with Gasteiger partial charge in [-0.3, -0.25) is 4.79 Å². The van der Waals surface area contributed by atoms with Crippen LogP contribution in [0.3, 0.4) is 0 Å². The zero-order chi connectivity index (χ0) is 17.7. The maximum Gasteiger partial charge on any atom is 0.265 e. The number of anilines is 1. The van der Waals surface area contributed by atoms with Crippen LogP contribution in [-0.2, 0) is 4.79 Å². The number of hydrogen-bond acceptors (Lipinski definition) is 2. The molecule has 24 heavy (non-hydrogen) atoms. The topological polar surface area (TPSA) is 38.3 Å². The van der Waals surface area contributed by atoms with E-state index < -0.39 is 6.10 Å². The maximum absolute atomic E-state index is 12.4. The maximum atomic E-state index is 12.4. The first kappa shape index (κ1) is 18.5. The zero-order valence-electron chi connectivity index (χ0n) is 14.6. The Morgan fingerprint density at radius 3 is 2.58 bits per heavy atom. The van der Waals surface area contributed by atoms with Crippen molar-refractivity contribution in [3.05, 3.63) is 58.1 Å². The second-order valence-electron chi connectivity index (χ2n) is 6.08. The quantitative estimate of drug-likeness (QED) is 0.690. The zero-order valence-corrected chi connectivity index (χ0v) is 16.2. The molecule has 0 aliphatic carbocycles. The Kier molecular flexibility index (Phi) is 6.44. The van der Waals surface area contributed by atoms with Gasteiger partial charge in [-0.15, -0.1) is 0 Å². The third kappa shape index (κ3) is 4.60. The van der Waals surface area contributed by atoms with E-state index in [-0.39, 0.29) is 5.91 Å². The van der Waals surface area contributed by atoms with Crippen LogP contribution < -0.4 is 10.1 Å². The molecule has 0 saturated heterocycles. The number of ether oxygens (including phenoxy) is 1. The monoisotopic (exact) mass is 389 g/mol. The molecule has 2 aromatic rings. The van der Waals surface area contributed by atoms with Crippen molar-refractivity contribution in [1.82, 2.24) is 0 Å². The summed E-state index contributed by atoms with van der Waals surface area (Å²) in [5, 5.41) is 2.91. The summed E-state index contributed by atoms with van der Waals surface area (Å²) >= 11 is 3.48. The van der Waals surface area contributed by atoms with E-state index in [4.69, 9.17) is 4.74 Å². The van der Waals surface area contributed by atoms with Gasteiger partial charge in [-0.1, -0.05) is 38.1 Å². The van der Waals surface area contributed by atoms with Crippen molar-refractivity contribution in [2.75, 3.05) is 5.32 Å². The summed E-state index contributed by atoms with van der Waals surface area (Å²) in [4.78, 5) is 12.4. The number of amides is 1. The van der Waals surface area contributed by atoms with Crippen LogP contribution in [0.1, 0.15) is 44.2 Å². The summed E-state index contributed by atoms with van der Waals surface area (Å²) in [5.74, 6) is 0.999. The third-order valence-corrected chi connectivity index (χ3v) is 4.77. The summed E-state index contributed by atoms with van der Waals surface area (Å²) in [5.41, 5.74) is 3.01. The van der Waals surface area contributed by atoms with Crippen molar-refractivity contribution < 1.29 is 9.53 Å². The van der Waals surface area contributed by atoms with Crippen molar-refractivity contribution in [3.63, 3.8) is 0 Å². The van der Waals surface area contributed by atoms with Crippen molar-refractivity contribution in [3.8, 4) is 5.75 Å². The first-order chi connectivity index (χ1) is 11.4. The number of rotatable bonds is 6. The van der Waals surface area contributed by atoms with E-state index in [1.807, 2.05) is 43.3 Å². The van der Waals surface area contributed by atoms with Gasteiger partial charge in [0.2, 0.25) is 0 Å². The first-order valence-electron chi connectivity index (χ1n) is 8.25. The van der Waals surface area contributed by atoms with Crippen LogP contribution in [0.5, 0.6) is 5.75 Å². The van der Waals surface area contributed by atoms with Gasteiger partial charge in [0.25, 0.3) is 5.91 Å². The number of para-hydroxylation sites is 1. The molecule has 0 fully saturated rings. The Labute approximate surface area is 152 Å². The van der Waals surface area contributed by atoms with Crippen molar-refractivity contribution in [2.24, 2.45) is 0 Å². The normalized spacial score (nSPS) is 13.2. The molecule has 0 bridgehead atoms. The molecule has 0 aliphatic rings. The Morgan fingerprint density at radius 2 is 1.92 bits per heavy atom. The molecule has 2 atom stereocenters. The van der Waals surface area contributed by atoms with Crippen molar-refractivity contribution in [1.29, 1.82) is 0 Å². The van der Waals surface area contributed by atoms with E-state index in [1.165, 1.54) is 0 Å². The fourth-order valence-electron chi connectivity index (χ4n) is 2.41. The van der Waals surface area contributed by atoms with Gasteiger partial charge in [0, 0.05) is 4.47 Å². The Hall–Kier alpha value is -1.81. The second kappa shape index (κ2) is 8.34.